The fraction of sp³-hybridized carbons (Fsp3) is 0.190. The van der Waals surface area contributed by atoms with Crippen molar-refractivity contribution in [1.82, 2.24) is 4.98 Å². The molecule has 1 atom stereocenters. The quantitative estimate of drug-likeness (QED) is 0.469. The molecule has 27 heavy (non-hydrogen) atoms. The number of H-pyrrole nitrogens is 1. The van der Waals surface area contributed by atoms with Gasteiger partial charge in [-0.25, -0.2) is 0 Å². The van der Waals surface area contributed by atoms with E-state index in [-0.39, 0.29) is 18.1 Å². The number of aromatic amines is 1. The second-order valence-electron chi connectivity index (χ2n) is 6.68. The van der Waals surface area contributed by atoms with Gasteiger partial charge < -0.3 is 15.8 Å². The van der Waals surface area contributed by atoms with Crippen LogP contribution < -0.4 is 11.3 Å². The molecule has 2 aromatic heterocycles. The Labute approximate surface area is 165 Å². The summed E-state index contributed by atoms with van der Waals surface area (Å²) in [7, 11) is 0. The topological polar surface area (TPSA) is 79.1 Å². The molecular formula is C21H19ClN2O2S. The Morgan fingerprint density at radius 3 is 2.67 bits per heavy atom. The van der Waals surface area contributed by atoms with Gasteiger partial charge in [0, 0.05) is 10.8 Å². The molecule has 2 heterocycles. The second kappa shape index (κ2) is 7.09. The van der Waals surface area contributed by atoms with Crippen molar-refractivity contribution in [2.75, 3.05) is 6.54 Å². The van der Waals surface area contributed by atoms with Crippen LogP contribution in [0.2, 0.25) is 5.02 Å². The van der Waals surface area contributed by atoms with E-state index in [1.165, 1.54) is 16.9 Å². The molecule has 0 spiro atoms. The zero-order valence-corrected chi connectivity index (χ0v) is 16.3. The molecule has 0 saturated carbocycles. The van der Waals surface area contributed by atoms with Crippen molar-refractivity contribution in [1.29, 1.82) is 0 Å². The largest absolute Gasteiger partial charge is 0.392 e. The van der Waals surface area contributed by atoms with Crippen molar-refractivity contribution < 1.29 is 5.11 Å². The van der Waals surface area contributed by atoms with Crippen molar-refractivity contribution in [3.63, 3.8) is 0 Å². The number of halogens is 1. The molecule has 0 fully saturated rings. The number of aromatic nitrogens is 1. The first-order chi connectivity index (χ1) is 13.0. The lowest BCUT2D eigenvalue weighted by Crippen LogP contribution is -2.08. The van der Waals surface area contributed by atoms with E-state index >= 15 is 0 Å². The average Bonchev–Trinajstić information content (AvgIpc) is 3.18. The zero-order chi connectivity index (χ0) is 19.1. The summed E-state index contributed by atoms with van der Waals surface area (Å²) in [6.07, 6.45) is 0. The molecule has 0 aliphatic rings. The lowest BCUT2D eigenvalue weighted by atomic mass is 9.91. The summed E-state index contributed by atoms with van der Waals surface area (Å²) in [5.74, 6) is 0.276. The van der Waals surface area contributed by atoms with Gasteiger partial charge in [0.05, 0.1) is 17.1 Å². The summed E-state index contributed by atoms with van der Waals surface area (Å²) in [4.78, 5) is 15.3. The van der Waals surface area contributed by atoms with Gasteiger partial charge in [0.15, 0.2) is 0 Å². The van der Waals surface area contributed by atoms with Crippen LogP contribution in [0.3, 0.4) is 0 Å². The molecular weight excluding hydrogens is 380 g/mol. The SMILES string of the molecule is C[C@@H](CN)c1ccc(-c2c(CO)cc(Cl)c3[nH]c(=O)c4sccc4c23)cc1. The number of aliphatic hydroxyl groups excluding tert-OH is 1. The normalized spacial score (nSPS) is 12.7. The first-order valence-electron chi connectivity index (χ1n) is 8.71. The number of hydrogen-bond acceptors (Lipinski definition) is 4. The molecule has 4 nitrogen and oxygen atoms in total. The minimum atomic E-state index is -0.149. The van der Waals surface area contributed by atoms with Gasteiger partial charge in [0.2, 0.25) is 0 Å². The summed E-state index contributed by atoms with van der Waals surface area (Å²) in [6.45, 7) is 2.53. The molecule has 0 unspecified atom stereocenters. The van der Waals surface area contributed by atoms with Gasteiger partial charge in [-0.05, 0) is 52.2 Å². The van der Waals surface area contributed by atoms with E-state index in [2.05, 4.69) is 24.0 Å². The van der Waals surface area contributed by atoms with Gasteiger partial charge in [-0.1, -0.05) is 42.8 Å². The number of rotatable bonds is 4. The van der Waals surface area contributed by atoms with Crippen molar-refractivity contribution >= 4 is 43.9 Å². The minimum Gasteiger partial charge on any atom is -0.392 e. The van der Waals surface area contributed by atoms with Crippen LogP contribution >= 0.6 is 22.9 Å². The third kappa shape index (κ3) is 2.97. The van der Waals surface area contributed by atoms with Gasteiger partial charge in [-0.15, -0.1) is 11.3 Å². The number of nitrogens with one attached hydrogen (secondary N) is 1. The van der Waals surface area contributed by atoms with E-state index in [4.69, 9.17) is 17.3 Å². The summed E-state index contributed by atoms with van der Waals surface area (Å²) >= 11 is 7.83. The average molecular weight is 399 g/mol. The van der Waals surface area contributed by atoms with Crippen molar-refractivity contribution in [2.45, 2.75) is 19.4 Å². The molecule has 2 aromatic carbocycles. The van der Waals surface area contributed by atoms with Crippen LogP contribution in [-0.4, -0.2) is 16.6 Å². The monoisotopic (exact) mass is 398 g/mol. The highest BCUT2D eigenvalue weighted by atomic mass is 35.5. The summed E-state index contributed by atoms with van der Waals surface area (Å²) in [5, 5.41) is 14.0. The van der Waals surface area contributed by atoms with Crippen LogP contribution in [0.4, 0.5) is 0 Å². The number of pyridine rings is 1. The Balaban J connectivity index is 2.08. The molecule has 4 N–H and O–H groups in total. The van der Waals surface area contributed by atoms with E-state index in [0.29, 0.717) is 21.8 Å². The van der Waals surface area contributed by atoms with E-state index < -0.39 is 0 Å². The number of fused-ring (bicyclic) bond motifs is 3. The molecule has 4 rings (SSSR count). The summed E-state index contributed by atoms with van der Waals surface area (Å²) < 4.78 is 0.656. The van der Waals surface area contributed by atoms with Crippen LogP contribution in [0.1, 0.15) is 24.0 Å². The van der Waals surface area contributed by atoms with Gasteiger partial charge in [0.25, 0.3) is 5.56 Å². The standard InChI is InChI=1S/C21H19ClN2O2S/c1-11(9-23)12-2-4-13(5-3-12)17-14(10-25)8-16(22)19-18(17)15-6-7-27-20(15)21(26)24-19/h2-8,11,25H,9-10,23H2,1H3,(H,24,26)/t11-/m0/s1. The second-order valence-corrected chi connectivity index (χ2v) is 8.00. The molecule has 0 aliphatic carbocycles. The van der Waals surface area contributed by atoms with Crippen molar-refractivity contribution in [3.05, 3.63) is 68.3 Å². The minimum absolute atomic E-state index is 0.142. The lowest BCUT2D eigenvalue weighted by Gasteiger charge is -2.16. The number of benzene rings is 2. The van der Waals surface area contributed by atoms with Crippen molar-refractivity contribution in [3.8, 4) is 11.1 Å². The Hall–Kier alpha value is -2.18. The van der Waals surface area contributed by atoms with E-state index in [1.807, 2.05) is 23.6 Å². The Morgan fingerprint density at radius 2 is 2.00 bits per heavy atom. The Morgan fingerprint density at radius 1 is 1.26 bits per heavy atom. The Kier molecular flexibility index (Phi) is 4.78. The maximum absolute atomic E-state index is 12.4. The van der Waals surface area contributed by atoms with E-state index in [0.717, 1.165) is 27.5 Å². The first kappa shape index (κ1) is 18.2. The molecule has 0 aliphatic heterocycles. The highest BCUT2D eigenvalue weighted by Crippen LogP contribution is 2.40. The van der Waals surface area contributed by atoms with Crippen LogP contribution in [0.15, 0.2) is 46.6 Å². The van der Waals surface area contributed by atoms with Crippen molar-refractivity contribution in [2.24, 2.45) is 5.73 Å². The molecule has 6 heteroatoms. The predicted octanol–water partition coefficient (Wildman–Crippen LogP) is 4.62. The first-order valence-corrected chi connectivity index (χ1v) is 9.96. The number of nitrogens with two attached hydrogens (primary N) is 1. The highest BCUT2D eigenvalue weighted by Gasteiger charge is 2.18. The zero-order valence-electron chi connectivity index (χ0n) is 14.8. The number of hydrogen-bond donors (Lipinski definition) is 3. The van der Waals surface area contributed by atoms with E-state index in [1.54, 1.807) is 6.07 Å². The maximum atomic E-state index is 12.4. The molecule has 0 radical (unpaired) electrons. The van der Waals surface area contributed by atoms with E-state index in [9.17, 15) is 9.90 Å². The molecule has 0 bridgehead atoms. The fourth-order valence-corrected chi connectivity index (χ4v) is 4.58. The summed E-state index contributed by atoms with van der Waals surface area (Å²) in [6, 6.07) is 11.8. The van der Waals surface area contributed by atoms with Crippen LogP contribution in [-0.2, 0) is 6.61 Å². The third-order valence-corrected chi connectivity index (χ3v) is 6.24. The number of aliphatic hydroxyl groups is 1. The van der Waals surface area contributed by atoms with Gasteiger partial charge in [-0.3, -0.25) is 4.79 Å². The predicted molar refractivity (Wildman–Crippen MR) is 114 cm³/mol. The van der Waals surface area contributed by atoms with Crippen LogP contribution in [0.5, 0.6) is 0 Å². The van der Waals surface area contributed by atoms with Crippen LogP contribution in [0.25, 0.3) is 32.1 Å². The highest BCUT2D eigenvalue weighted by molar-refractivity contribution is 7.17. The fourth-order valence-electron chi connectivity index (χ4n) is 3.51. The smallest absolute Gasteiger partial charge is 0.266 e. The van der Waals surface area contributed by atoms with Gasteiger partial charge in [0.1, 0.15) is 4.70 Å². The summed E-state index contributed by atoms with van der Waals surface area (Å²) in [5.41, 5.74) is 9.97. The van der Waals surface area contributed by atoms with Gasteiger partial charge >= 0.3 is 0 Å². The molecule has 4 aromatic rings. The molecule has 138 valence electrons. The third-order valence-electron chi connectivity index (χ3n) is 5.03. The van der Waals surface area contributed by atoms with Gasteiger partial charge in [-0.2, -0.15) is 0 Å². The van der Waals surface area contributed by atoms with Crippen LogP contribution in [0, 0.1) is 0 Å². The Bertz CT molecular complexity index is 1190. The molecule has 0 saturated heterocycles. The lowest BCUT2D eigenvalue weighted by molar-refractivity contribution is 0.282. The maximum Gasteiger partial charge on any atom is 0.266 e. The molecule has 0 amide bonds. The number of thiophene rings is 1.